The number of aromatic carboxylic acids is 1. The maximum Gasteiger partial charge on any atom is 0.357 e. The molecule has 0 aliphatic heterocycles. The van der Waals surface area contributed by atoms with Gasteiger partial charge in [-0.2, -0.15) is 4.98 Å². The molecule has 0 saturated heterocycles. The van der Waals surface area contributed by atoms with Gasteiger partial charge in [-0.15, -0.1) is 0 Å². The first kappa shape index (κ1) is 19.0. The standard InChI is InChI=1S/C20H19BrN2O4/c1-2-23(20-22-17(13-27-20)19(24)25)11-15-10-16(21)8-9-18(15)26-12-14-6-4-3-5-7-14/h3-10,13H,2,11-12H2,1H3,(H,24,25). The smallest absolute Gasteiger partial charge is 0.357 e. The zero-order valence-corrected chi connectivity index (χ0v) is 16.3. The quantitative estimate of drug-likeness (QED) is 0.555. The van der Waals surface area contributed by atoms with Crippen molar-refractivity contribution in [1.29, 1.82) is 0 Å². The topological polar surface area (TPSA) is 75.8 Å². The van der Waals surface area contributed by atoms with Crippen LogP contribution in [-0.2, 0) is 13.2 Å². The number of ether oxygens (including phenoxy) is 1. The number of aromatic nitrogens is 1. The molecule has 1 N–H and O–H groups in total. The second-order valence-electron chi connectivity index (χ2n) is 5.86. The molecule has 0 unspecified atom stereocenters. The predicted octanol–water partition coefficient (Wildman–Crippen LogP) is 4.74. The van der Waals surface area contributed by atoms with Crippen LogP contribution in [0.15, 0.2) is 63.7 Å². The average molecular weight is 431 g/mol. The number of hydrogen-bond acceptors (Lipinski definition) is 5. The van der Waals surface area contributed by atoms with Crippen LogP contribution in [-0.4, -0.2) is 22.6 Å². The van der Waals surface area contributed by atoms with E-state index in [9.17, 15) is 4.79 Å². The molecular formula is C20H19BrN2O4. The molecule has 0 spiro atoms. The van der Waals surface area contributed by atoms with E-state index >= 15 is 0 Å². The van der Waals surface area contributed by atoms with E-state index in [1.807, 2.05) is 60.4 Å². The normalized spacial score (nSPS) is 10.6. The number of rotatable bonds is 8. The Hall–Kier alpha value is -2.80. The third-order valence-electron chi connectivity index (χ3n) is 3.98. The highest BCUT2D eigenvalue weighted by molar-refractivity contribution is 9.10. The monoisotopic (exact) mass is 430 g/mol. The van der Waals surface area contributed by atoms with Crippen molar-refractivity contribution >= 4 is 27.9 Å². The van der Waals surface area contributed by atoms with Gasteiger partial charge in [0.05, 0.1) is 6.54 Å². The Labute approximate surface area is 165 Å². The molecule has 27 heavy (non-hydrogen) atoms. The Morgan fingerprint density at radius 1 is 1.26 bits per heavy atom. The van der Waals surface area contributed by atoms with E-state index in [0.717, 1.165) is 27.6 Å². The Kier molecular flexibility index (Phi) is 6.13. The zero-order chi connectivity index (χ0) is 19.2. The number of halogens is 1. The first-order valence-corrected chi connectivity index (χ1v) is 9.25. The highest BCUT2D eigenvalue weighted by atomic mass is 79.9. The molecule has 140 valence electrons. The second-order valence-corrected chi connectivity index (χ2v) is 6.78. The van der Waals surface area contributed by atoms with Gasteiger partial charge in [-0.1, -0.05) is 46.3 Å². The van der Waals surface area contributed by atoms with Crippen molar-refractivity contribution in [1.82, 2.24) is 4.98 Å². The molecule has 0 fully saturated rings. The lowest BCUT2D eigenvalue weighted by Gasteiger charge is -2.20. The van der Waals surface area contributed by atoms with Gasteiger partial charge in [0.25, 0.3) is 6.01 Å². The molecule has 0 saturated carbocycles. The summed E-state index contributed by atoms with van der Waals surface area (Å²) in [5.41, 5.74) is 1.91. The van der Waals surface area contributed by atoms with E-state index < -0.39 is 5.97 Å². The minimum atomic E-state index is -1.12. The number of hydrogen-bond donors (Lipinski definition) is 1. The number of carboxylic acid groups (broad SMARTS) is 1. The Morgan fingerprint density at radius 3 is 2.70 bits per heavy atom. The van der Waals surface area contributed by atoms with E-state index in [-0.39, 0.29) is 11.7 Å². The van der Waals surface area contributed by atoms with Crippen LogP contribution in [0.5, 0.6) is 5.75 Å². The average Bonchev–Trinajstić information content (AvgIpc) is 3.16. The molecule has 2 aromatic carbocycles. The fourth-order valence-electron chi connectivity index (χ4n) is 2.58. The molecule has 1 heterocycles. The van der Waals surface area contributed by atoms with Gasteiger partial charge in [-0.05, 0) is 30.7 Å². The number of carboxylic acids is 1. The first-order chi connectivity index (χ1) is 13.1. The van der Waals surface area contributed by atoms with Crippen LogP contribution < -0.4 is 9.64 Å². The zero-order valence-electron chi connectivity index (χ0n) is 14.8. The molecule has 0 bridgehead atoms. The number of nitrogens with zero attached hydrogens (tertiary/aromatic N) is 2. The van der Waals surface area contributed by atoms with Crippen molar-refractivity contribution in [2.45, 2.75) is 20.1 Å². The first-order valence-electron chi connectivity index (χ1n) is 8.45. The fourth-order valence-corrected chi connectivity index (χ4v) is 2.98. The lowest BCUT2D eigenvalue weighted by molar-refractivity contribution is 0.0690. The molecule has 0 atom stereocenters. The van der Waals surface area contributed by atoms with E-state index in [1.54, 1.807) is 0 Å². The van der Waals surface area contributed by atoms with Crippen LogP contribution in [0.3, 0.4) is 0 Å². The van der Waals surface area contributed by atoms with Crippen molar-refractivity contribution in [3.8, 4) is 5.75 Å². The molecule has 1 aromatic heterocycles. The van der Waals surface area contributed by atoms with Crippen LogP contribution in [0.25, 0.3) is 0 Å². The number of oxazole rings is 1. The summed E-state index contributed by atoms with van der Waals surface area (Å²) in [6.07, 6.45) is 1.15. The minimum absolute atomic E-state index is 0.113. The number of anilines is 1. The van der Waals surface area contributed by atoms with Gasteiger partial charge in [0.15, 0.2) is 5.69 Å². The summed E-state index contributed by atoms with van der Waals surface area (Å²) >= 11 is 3.49. The maximum absolute atomic E-state index is 11.0. The summed E-state index contributed by atoms with van der Waals surface area (Å²) < 4.78 is 12.3. The second kappa shape index (κ2) is 8.73. The Balaban J connectivity index is 1.79. The maximum atomic E-state index is 11.0. The van der Waals surface area contributed by atoms with Crippen molar-refractivity contribution in [3.05, 3.63) is 76.1 Å². The van der Waals surface area contributed by atoms with E-state index in [1.165, 1.54) is 0 Å². The fraction of sp³-hybridized carbons (Fsp3) is 0.200. The van der Waals surface area contributed by atoms with Crippen molar-refractivity contribution in [3.63, 3.8) is 0 Å². The Morgan fingerprint density at radius 2 is 2.04 bits per heavy atom. The molecular weight excluding hydrogens is 412 g/mol. The van der Waals surface area contributed by atoms with Crippen molar-refractivity contribution in [2.24, 2.45) is 0 Å². The van der Waals surface area contributed by atoms with Crippen molar-refractivity contribution in [2.75, 3.05) is 11.4 Å². The molecule has 7 heteroatoms. The molecule has 3 aromatic rings. The lowest BCUT2D eigenvalue weighted by atomic mass is 10.2. The summed E-state index contributed by atoms with van der Waals surface area (Å²) in [5, 5.41) is 9.03. The highest BCUT2D eigenvalue weighted by Crippen LogP contribution is 2.27. The lowest BCUT2D eigenvalue weighted by Crippen LogP contribution is -2.23. The van der Waals surface area contributed by atoms with Gasteiger partial charge < -0.3 is 19.2 Å². The van der Waals surface area contributed by atoms with Gasteiger partial charge in [0.2, 0.25) is 0 Å². The number of benzene rings is 2. The third-order valence-corrected chi connectivity index (χ3v) is 4.48. The summed E-state index contributed by atoms with van der Waals surface area (Å²) in [4.78, 5) is 16.9. The van der Waals surface area contributed by atoms with E-state index in [2.05, 4.69) is 20.9 Å². The summed E-state index contributed by atoms with van der Waals surface area (Å²) in [6, 6.07) is 16.0. The third kappa shape index (κ3) is 4.89. The molecule has 0 amide bonds. The van der Waals surface area contributed by atoms with E-state index in [4.69, 9.17) is 14.3 Å². The highest BCUT2D eigenvalue weighted by Gasteiger charge is 2.17. The van der Waals surface area contributed by atoms with Crippen LogP contribution in [0.4, 0.5) is 6.01 Å². The molecule has 0 aliphatic rings. The molecule has 3 rings (SSSR count). The molecule has 6 nitrogen and oxygen atoms in total. The Bertz CT molecular complexity index is 911. The minimum Gasteiger partial charge on any atom is -0.489 e. The molecule has 0 radical (unpaired) electrons. The van der Waals surface area contributed by atoms with Gasteiger partial charge in [-0.25, -0.2) is 4.79 Å². The van der Waals surface area contributed by atoms with Gasteiger partial charge >= 0.3 is 5.97 Å². The largest absolute Gasteiger partial charge is 0.489 e. The number of carbonyl (C=O) groups is 1. The van der Waals surface area contributed by atoms with Gasteiger partial charge in [0.1, 0.15) is 18.6 Å². The predicted molar refractivity (Wildman–Crippen MR) is 105 cm³/mol. The van der Waals surface area contributed by atoms with Gasteiger partial charge in [0, 0.05) is 16.6 Å². The van der Waals surface area contributed by atoms with Gasteiger partial charge in [-0.3, -0.25) is 0 Å². The van der Waals surface area contributed by atoms with Crippen molar-refractivity contribution < 1.29 is 19.1 Å². The SMILES string of the molecule is CCN(Cc1cc(Br)ccc1OCc1ccccc1)c1nc(C(=O)O)co1. The van der Waals surface area contributed by atoms with Crippen LogP contribution in [0.1, 0.15) is 28.5 Å². The van der Waals surface area contributed by atoms with Crippen LogP contribution in [0, 0.1) is 0 Å². The van der Waals surface area contributed by atoms with Crippen LogP contribution >= 0.6 is 15.9 Å². The summed E-state index contributed by atoms with van der Waals surface area (Å²) in [6.45, 7) is 3.49. The summed E-state index contributed by atoms with van der Waals surface area (Å²) in [5.74, 6) is -0.360. The molecule has 0 aliphatic carbocycles. The summed E-state index contributed by atoms with van der Waals surface area (Å²) in [7, 11) is 0. The van der Waals surface area contributed by atoms with E-state index in [0.29, 0.717) is 19.7 Å². The van der Waals surface area contributed by atoms with Crippen LogP contribution in [0.2, 0.25) is 0 Å².